The number of nitrogens with zero attached hydrogens (tertiary/aromatic N) is 1. The molecule has 2 atom stereocenters. The average Bonchev–Trinajstić information content (AvgIpc) is 3.10. The van der Waals surface area contributed by atoms with Crippen molar-refractivity contribution in [3.05, 3.63) is 84.9 Å². The topological polar surface area (TPSA) is 167 Å². The van der Waals surface area contributed by atoms with E-state index >= 15 is 0 Å². The Hall–Kier alpha value is -5.29. The van der Waals surface area contributed by atoms with E-state index in [1.54, 1.807) is 12.2 Å². The number of carbonyl (C=O) groups excluding carboxylic acids is 3. The van der Waals surface area contributed by atoms with Gasteiger partial charge in [0.1, 0.15) is 30.2 Å². The first-order chi connectivity index (χ1) is 23.8. The van der Waals surface area contributed by atoms with Crippen LogP contribution in [-0.2, 0) is 19.1 Å². The highest BCUT2D eigenvalue weighted by Gasteiger charge is 2.26. The Labute approximate surface area is 297 Å². The van der Waals surface area contributed by atoms with Crippen LogP contribution in [0, 0.1) is 0 Å². The van der Waals surface area contributed by atoms with Crippen LogP contribution < -0.4 is 31.6 Å². The fourth-order valence-electron chi connectivity index (χ4n) is 5.91. The second-order valence-corrected chi connectivity index (χ2v) is 11.8. The third kappa shape index (κ3) is 9.88. The maximum absolute atomic E-state index is 13.4. The van der Waals surface area contributed by atoms with E-state index in [0.717, 1.165) is 32.7 Å². The highest BCUT2D eigenvalue weighted by Crippen LogP contribution is 2.42. The highest BCUT2D eigenvalue weighted by atomic mass is 35.5. The van der Waals surface area contributed by atoms with E-state index in [1.807, 2.05) is 54.6 Å². The van der Waals surface area contributed by atoms with E-state index < -0.39 is 24.0 Å². The van der Waals surface area contributed by atoms with Gasteiger partial charge < -0.3 is 36.3 Å². The van der Waals surface area contributed by atoms with Crippen molar-refractivity contribution >= 4 is 57.7 Å². The quantitative estimate of drug-likeness (QED) is 0.0703. The predicted molar refractivity (Wildman–Crippen MR) is 199 cm³/mol. The minimum Gasteiger partial charge on any atom is -0.493 e. The van der Waals surface area contributed by atoms with Gasteiger partial charge in [0.2, 0.25) is 11.8 Å². The van der Waals surface area contributed by atoms with Crippen molar-refractivity contribution < 1.29 is 28.6 Å². The van der Waals surface area contributed by atoms with E-state index in [9.17, 15) is 14.4 Å². The molecule has 264 valence electrons. The van der Waals surface area contributed by atoms with Gasteiger partial charge in [0.15, 0.2) is 5.96 Å². The highest BCUT2D eigenvalue weighted by molar-refractivity contribution is 6.08. The van der Waals surface area contributed by atoms with Gasteiger partial charge in [0.05, 0.1) is 13.7 Å². The van der Waals surface area contributed by atoms with Crippen LogP contribution in [0.15, 0.2) is 89.9 Å². The molecule has 1 aliphatic heterocycles. The molecule has 50 heavy (non-hydrogen) atoms. The minimum absolute atomic E-state index is 0. The third-order valence-corrected chi connectivity index (χ3v) is 8.34. The predicted octanol–water partition coefficient (Wildman–Crippen LogP) is 5.17. The molecule has 1 heterocycles. The summed E-state index contributed by atoms with van der Waals surface area (Å²) in [5, 5.41) is 9.77. The number of aliphatic imine (C=N–C) groups is 1. The zero-order chi connectivity index (χ0) is 34.6. The van der Waals surface area contributed by atoms with E-state index in [2.05, 4.69) is 33.8 Å². The first kappa shape index (κ1) is 37.5. The zero-order valence-electron chi connectivity index (χ0n) is 28.1. The lowest BCUT2D eigenvalue weighted by Crippen LogP contribution is -2.51. The number of unbranched alkanes of at least 4 members (excludes halogenated alkanes) is 1. The third-order valence-electron chi connectivity index (χ3n) is 8.34. The van der Waals surface area contributed by atoms with Gasteiger partial charge in [0.25, 0.3) is 0 Å². The van der Waals surface area contributed by atoms with Gasteiger partial charge in [-0.15, -0.1) is 12.4 Å². The number of amides is 2. The molecule has 11 nitrogen and oxygen atoms in total. The van der Waals surface area contributed by atoms with Crippen LogP contribution in [0.3, 0.4) is 0 Å². The molecule has 0 fully saturated rings. The molecule has 4 aromatic carbocycles. The second kappa shape index (κ2) is 18.5. The second-order valence-electron chi connectivity index (χ2n) is 11.8. The number of carbonyl (C=O) groups is 3. The SMILES string of the molecule is COC(=O)[C@@H]1C/C=C/COc2cc(c3ccccc3c2)-c2c(ccc3ccccc23)OCCCC(=O)N[C@H](CCCCN=C(N)N)C(=O)N1.Cl. The summed E-state index contributed by atoms with van der Waals surface area (Å²) in [6.07, 6.45) is 5.79. The molecule has 2 amide bonds. The van der Waals surface area contributed by atoms with Crippen molar-refractivity contribution in [2.75, 3.05) is 26.9 Å². The van der Waals surface area contributed by atoms with Crippen LogP contribution >= 0.6 is 12.4 Å². The molecular formula is C38H44ClN5O6. The summed E-state index contributed by atoms with van der Waals surface area (Å²) in [6.45, 7) is 0.903. The van der Waals surface area contributed by atoms with Gasteiger partial charge in [-0.05, 0) is 77.4 Å². The van der Waals surface area contributed by atoms with Crippen LogP contribution in [0.5, 0.6) is 11.5 Å². The molecule has 12 heteroatoms. The Balaban J connectivity index is 0.00000562. The number of ether oxygens (including phenoxy) is 3. The smallest absolute Gasteiger partial charge is 0.328 e. The Morgan fingerprint density at radius 1 is 0.920 bits per heavy atom. The normalized spacial score (nSPS) is 17.8. The minimum atomic E-state index is -0.953. The van der Waals surface area contributed by atoms with Gasteiger partial charge in [-0.25, -0.2) is 4.79 Å². The molecule has 5 rings (SSSR count). The number of nitrogens with two attached hydrogens (primary N) is 2. The lowest BCUT2D eigenvalue weighted by atomic mass is 9.93. The van der Waals surface area contributed by atoms with Crippen molar-refractivity contribution in [2.24, 2.45) is 16.5 Å². The number of hydrogen-bond acceptors (Lipinski definition) is 7. The summed E-state index contributed by atoms with van der Waals surface area (Å²) in [6, 6.07) is 22.5. The Morgan fingerprint density at radius 3 is 2.46 bits per heavy atom. The monoisotopic (exact) mass is 701 g/mol. The Kier molecular flexibility index (Phi) is 13.9. The standard InChI is InChI=1S/C38H43N5O6.ClH/c1-47-37(46)32-16-7-9-21-48-27-23-26-12-3-4-13-28(26)30(24-27)35-29-14-5-2-11-25(29)18-19-33(35)49-22-10-17-34(44)42-31(36(45)43-32)15-6-8-20-41-38(39)40;/h2-5,7,9,11-14,18-19,23-24,31-32H,6,8,10,15-17,20-22H2,1H3,(H,42,44)(H,43,45)(H4,39,40,41);1H/b9-7+;/t31-,32+;/m1./s1. The first-order valence-electron chi connectivity index (χ1n) is 16.5. The number of guanidine groups is 1. The molecule has 0 unspecified atom stereocenters. The molecule has 4 aromatic rings. The molecule has 0 aliphatic carbocycles. The number of nitrogens with one attached hydrogen (secondary N) is 2. The number of benzene rings is 4. The molecular weight excluding hydrogens is 658 g/mol. The molecule has 0 spiro atoms. The van der Waals surface area contributed by atoms with Crippen LogP contribution in [0.4, 0.5) is 0 Å². The fraction of sp³-hybridized carbons (Fsp3) is 0.316. The number of fused-ring (bicyclic) bond motifs is 8. The molecule has 0 saturated heterocycles. The largest absolute Gasteiger partial charge is 0.493 e. The van der Waals surface area contributed by atoms with Gasteiger partial charge >= 0.3 is 5.97 Å². The summed E-state index contributed by atoms with van der Waals surface area (Å²) >= 11 is 0. The van der Waals surface area contributed by atoms with Crippen molar-refractivity contribution in [3.63, 3.8) is 0 Å². The number of rotatable bonds is 6. The molecule has 0 saturated carbocycles. The van der Waals surface area contributed by atoms with Crippen molar-refractivity contribution in [3.8, 4) is 22.6 Å². The Morgan fingerprint density at radius 2 is 1.68 bits per heavy atom. The molecule has 0 aromatic heterocycles. The van der Waals surface area contributed by atoms with Crippen molar-refractivity contribution in [2.45, 2.75) is 50.6 Å². The fourth-order valence-corrected chi connectivity index (χ4v) is 5.91. The summed E-state index contributed by atoms with van der Waals surface area (Å²) in [4.78, 5) is 43.2. The van der Waals surface area contributed by atoms with Gasteiger partial charge in [-0.2, -0.15) is 0 Å². The molecule has 1 aliphatic rings. The van der Waals surface area contributed by atoms with E-state index in [4.69, 9.17) is 25.7 Å². The molecule has 0 radical (unpaired) electrons. The van der Waals surface area contributed by atoms with E-state index in [1.165, 1.54) is 7.11 Å². The Bertz CT molecular complexity index is 1860. The van der Waals surface area contributed by atoms with E-state index in [0.29, 0.717) is 43.7 Å². The van der Waals surface area contributed by atoms with Crippen LogP contribution in [-0.4, -0.2) is 62.7 Å². The van der Waals surface area contributed by atoms with E-state index in [-0.39, 0.29) is 50.3 Å². The number of esters is 1. The molecule has 6 N–H and O–H groups in total. The number of methoxy groups -OCH3 is 1. The van der Waals surface area contributed by atoms with Crippen LogP contribution in [0.25, 0.3) is 32.7 Å². The van der Waals surface area contributed by atoms with Crippen molar-refractivity contribution in [1.29, 1.82) is 0 Å². The van der Waals surface area contributed by atoms with Crippen LogP contribution in [0.2, 0.25) is 0 Å². The number of hydrogen-bond donors (Lipinski definition) is 4. The summed E-state index contributed by atoms with van der Waals surface area (Å²) in [5.41, 5.74) is 12.7. The average molecular weight is 702 g/mol. The van der Waals surface area contributed by atoms with Gasteiger partial charge in [0, 0.05) is 18.5 Å². The lowest BCUT2D eigenvalue weighted by molar-refractivity contribution is -0.145. The van der Waals surface area contributed by atoms with Crippen LogP contribution in [0.1, 0.15) is 38.5 Å². The number of halogens is 1. The summed E-state index contributed by atoms with van der Waals surface area (Å²) in [7, 11) is 1.27. The first-order valence-corrected chi connectivity index (χ1v) is 16.5. The lowest BCUT2D eigenvalue weighted by Gasteiger charge is -2.22. The van der Waals surface area contributed by atoms with Crippen molar-refractivity contribution in [1.82, 2.24) is 10.6 Å². The summed E-state index contributed by atoms with van der Waals surface area (Å²) < 4.78 is 17.6. The van der Waals surface area contributed by atoms with Gasteiger partial charge in [-0.1, -0.05) is 66.7 Å². The van der Waals surface area contributed by atoms with Gasteiger partial charge in [-0.3, -0.25) is 14.6 Å². The maximum Gasteiger partial charge on any atom is 0.328 e. The zero-order valence-corrected chi connectivity index (χ0v) is 28.9. The maximum atomic E-state index is 13.4. The molecule has 2 bridgehead atoms. The summed E-state index contributed by atoms with van der Waals surface area (Å²) in [5.74, 6) is -0.0168.